The summed E-state index contributed by atoms with van der Waals surface area (Å²) < 4.78 is 5.53. The minimum Gasteiger partial charge on any atom is -0.492 e. The molecule has 2 heteroatoms. The van der Waals surface area contributed by atoms with Crippen molar-refractivity contribution in [3.63, 3.8) is 0 Å². The van der Waals surface area contributed by atoms with Gasteiger partial charge in [0.25, 0.3) is 0 Å². The van der Waals surface area contributed by atoms with Crippen molar-refractivity contribution >= 4 is 11.6 Å². The van der Waals surface area contributed by atoms with E-state index in [1.54, 1.807) is 0 Å². The van der Waals surface area contributed by atoms with E-state index in [0.717, 1.165) is 5.75 Å². The summed E-state index contributed by atoms with van der Waals surface area (Å²) in [7, 11) is 0. The second-order valence-electron chi connectivity index (χ2n) is 3.88. The first kappa shape index (κ1) is 12.0. The maximum Gasteiger partial charge on any atom is 0.119 e. The second-order valence-corrected chi connectivity index (χ2v) is 4.26. The number of halogens is 1. The minimum atomic E-state index is 0.509. The highest BCUT2D eigenvalue weighted by Gasteiger charge is 2.02. The van der Waals surface area contributed by atoms with Gasteiger partial charge < -0.3 is 4.74 Å². The molecule has 88 valence electrons. The summed E-state index contributed by atoms with van der Waals surface area (Å²) in [5, 5.41) is 0. The van der Waals surface area contributed by atoms with E-state index in [-0.39, 0.29) is 0 Å². The van der Waals surface area contributed by atoms with Crippen LogP contribution >= 0.6 is 11.6 Å². The molecule has 0 heterocycles. The molecule has 2 rings (SSSR count). The molecule has 2 aromatic carbocycles. The molecule has 0 spiro atoms. The normalized spacial score (nSPS) is 10.2. The molecule has 0 bridgehead atoms. The van der Waals surface area contributed by atoms with Gasteiger partial charge in [0.2, 0.25) is 0 Å². The summed E-state index contributed by atoms with van der Waals surface area (Å²) in [4.78, 5) is 0. The molecular formula is C15H15ClO. The summed E-state index contributed by atoms with van der Waals surface area (Å²) in [6.07, 6.45) is 0. The lowest BCUT2D eigenvalue weighted by molar-refractivity contribution is 0.343. The zero-order valence-corrected chi connectivity index (χ0v) is 10.6. The molecule has 0 aliphatic rings. The van der Waals surface area contributed by atoms with Crippen LogP contribution < -0.4 is 4.74 Å². The fourth-order valence-corrected chi connectivity index (χ4v) is 1.88. The number of alkyl halides is 1. The molecule has 0 unspecified atom stereocenters. The highest BCUT2D eigenvalue weighted by atomic mass is 35.5. The van der Waals surface area contributed by atoms with Gasteiger partial charge in [0.05, 0.1) is 5.88 Å². The van der Waals surface area contributed by atoms with Gasteiger partial charge >= 0.3 is 0 Å². The van der Waals surface area contributed by atoms with Crippen LogP contribution in [0.4, 0.5) is 0 Å². The van der Waals surface area contributed by atoms with Gasteiger partial charge in [-0.2, -0.15) is 0 Å². The zero-order chi connectivity index (χ0) is 12.1. The number of benzene rings is 2. The zero-order valence-electron chi connectivity index (χ0n) is 9.82. The third-order valence-corrected chi connectivity index (χ3v) is 2.79. The topological polar surface area (TPSA) is 9.23 Å². The van der Waals surface area contributed by atoms with Crippen LogP contribution in [-0.4, -0.2) is 12.5 Å². The molecule has 0 N–H and O–H groups in total. The lowest BCUT2D eigenvalue weighted by Gasteiger charge is -2.08. The highest BCUT2D eigenvalue weighted by Crippen LogP contribution is 2.26. The Morgan fingerprint density at radius 1 is 1.06 bits per heavy atom. The lowest BCUT2D eigenvalue weighted by Crippen LogP contribution is -1.97. The molecule has 0 radical (unpaired) electrons. The number of rotatable bonds is 4. The molecule has 0 saturated carbocycles. The van der Waals surface area contributed by atoms with Gasteiger partial charge in [-0.15, -0.1) is 11.6 Å². The Kier molecular flexibility index (Phi) is 4.05. The molecule has 2 aromatic rings. The largest absolute Gasteiger partial charge is 0.492 e. The fraction of sp³-hybridized carbons (Fsp3) is 0.200. The van der Waals surface area contributed by atoms with Crippen molar-refractivity contribution < 1.29 is 4.74 Å². The quantitative estimate of drug-likeness (QED) is 0.732. The Morgan fingerprint density at radius 2 is 1.88 bits per heavy atom. The predicted octanol–water partition coefficient (Wildman–Crippen LogP) is 4.28. The van der Waals surface area contributed by atoms with Crippen LogP contribution in [0.15, 0.2) is 48.5 Å². The van der Waals surface area contributed by atoms with Crippen molar-refractivity contribution in [3.05, 3.63) is 54.1 Å². The van der Waals surface area contributed by atoms with E-state index in [0.29, 0.717) is 12.5 Å². The van der Waals surface area contributed by atoms with Gasteiger partial charge in [-0.25, -0.2) is 0 Å². The maximum absolute atomic E-state index is 5.61. The number of ether oxygens (including phenoxy) is 1. The standard InChI is InChI=1S/C15H15ClO/c1-12-5-2-3-8-15(12)13-6-4-7-14(11-13)17-10-9-16/h2-8,11H,9-10H2,1H3. The average Bonchev–Trinajstić information content (AvgIpc) is 2.37. The third-order valence-electron chi connectivity index (χ3n) is 2.64. The van der Waals surface area contributed by atoms with Crippen LogP contribution in [-0.2, 0) is 0 Å². The first-order valence-corrected chi connectivity index (χ1v) is 6.19. The van der Waals surface area contributed by atoms with Crippen LogP contribution in [0.3, 0.4) is 0 Å². The summed E-state index contributed by atoms with van der Waals surface area (Å²) >= 11 is 5.61. The van der Waals surface area contributed by atoms with Crippen molar-refractivity contribution in [2.45, 2.75) is 6.92 Å². The molecule has 0 atom stereocenters. The van der Waals surface area contributed by atoms with Crippen LogP contribution in [0.1, 0.15) is 5.56 Å². The Hall–Kier alpha value is -1.47. The summed E-state index contributed by atoms with van der Waals surface area (Å²) in [6, 6.07) is 16.4. The van der Waals surface area contributed by atoms with E-state index in [1.165, 1.54) is 16.7 Å². The molecule has 0 fully saturated rings. The van der Waals surface area contributed by atoms with Crippen LogP contribution in [0, 0.1) is 6.92 Å². The Labute approximate surface area is 107 Å². The minimum absolute atomic E-state index is 0.509. The molecule has 17 heavy (non-hydrogen) atoms. The molecule has 0 aliphatic carbocycles. The van der Waals surface area contributed by atoms with Crippen LogP contribution in [0.25, 0.3) is 11.1 Å². The predicted molar refractivity (Wildman–Crippen MR) is 72.8 cm³/mol. The van der Waals surface area contributed by atoms with Gasteiger partial charge in [0.1, 0.15) is 12.4 Å². The first-order valence-electron chi connectivity index (χ1n) is 5.66. The summed E-state index contributed by atoms with van der Waals surface area (Å²) in [5.41, 5.74) is 3.68. The van der Waals surface area contributed by atoms with E-state index < -0.39 is 0 Å². The summed E-state index contributed by atoms with van der Waals surface area (Å²) in [5.74, 6) is 1.38. The molecular weight excluding hydrogens is 232 g/mol. The molecule has 1 nitrogen and oxygen atoms in total. The van der Waals surface area contributed by atoms with Gasteiger partial charge in [-0.3, -0.25) is 0 Å². The van der Waals surface area contributed by atoms with Crippen molar-refractivity contribution in [2.75, 3.05) is 12.5 Å². The van der Waals surface area contributed by atoms with E-state index in [1.807, 2.05) is 18.2 Å². The first-order chi connectivity index (χ1) is 8.31. The van der Waals surface area contributed by atoms with Gasteiger partial charge in [0.15, 0.2) is 0 Å². The smallest absolute Gasteiger partial charge is 0.119 e. The Balaban J connectivity index is 2.30. The van der Waals surface area contributed by atoms with E-state index in [4.69, 9.17) is 16.3 Å². The van der Waals surface area contributed by atoms with Gasteiger partial charge in [-0.05, 0) is 35.7 Å². The number of hydrogen-bond acceptors (Lipinski definition) is 1. The van der Waals surface area contributed by atoms with E-state index in [2.05, 4.69) is 37.3 Å². The maximum atomic E-state index is 5.61. The number of aryl methyl sites for hydroxylation is 1. The highest BCUT2D eigenvalue weighted by molar-refractivity contribution is 6.18. The monoisotopic (exact) mass is 246 g/mol. The van der Waals surface area contributed by atoms with Crippen molar-refractivity contribution in [1.82, 2.24) is 0 Å². The lowest BCUT2D eigenvalue weighted by atomic mass is 10.0. The van der Waals surface area contributed by atoms with Crippen LogP contribution in [0.5, 0.6) is 5.75 Å². The van der Waals surface area contributed by atoms with Crippen molar-refractivity contribution in [2.24, 2.45) is 0 Å². The van der Waals surface area contributed by atoms with Crippen molar-refractivity contribution in [1.29, 1.82) is 0 Å². The average molecular weight is 247 g/mol. The molecule has 0 aliphatic heterocycles. The third kappa shape index (κ3) is 3.01. The Morgan fingerprint density at radius 3 is 2.65 bits per heavy atom. The molecule has 0 saturated heterocycles. The number of hydrogen-bond donors (Lipinski definition) is 0. The van der Waals surface area contributed by atoms with E-state index >= 15 is 0 Å². The van der Waals surface area contributed by atoms with Gasteiger partial charge in [-0.1, -0.05) is 36.4 Å². The van der Waals surface area contributed by atoms with Gasteiger partial charge in [0, 0.05) is 0 Å². The molecule has 0 aromatic heterocycles. The van der Waals surface area contributed by atoms with Crippen LogP contribution in [0.2, 0.25) is 0 Å². The SMILES string of the molecule is Cc1ccccc1-c1cccc(OCCCl)c1. The Bertz CT molecular complexity index is 494. The molecule has 0 amide bonds. The van der Waals surface area contributed by atoms with Crippen molar-refractivity contribution in [3.8, 4) is 16.9 Å². The van der Waals surface area contributed by atoms with E-state index in [9.17, 15) is 0 Å². The summed E-state index contributed by atoms with van der Waals surface area (Å²) in [6.45, 7) is 2.65. The second kappa shape index (κ2) is 5.74. The fourth-order valence-electron chi connectivity index (χ4n) is 1.81.